The number of fused-ring (bicyclic) bond motifs is 9. The molecule has 1 atom stereocenters. The van der Waals surface area contributed by atoms with Crippen molar-refractivity contribution in [1.29, 1.82) is 0 Å². The molecule has 0 amide bonds. The van der Waals surface area contributed by atoms with E-state index in [0.29, 0.717) is 0 Å². The summed E-state index contributed by atoms with van der Waals surface area (Å²) in [5.74, 6) is 0. The van der Waals surface area contributed by atoms with Crippen LogP contribution in [0.1, 0.15) is 0 Å². The molecule has 3 heterocycles. The Labute approximate surface area is 220 Å². The summed E-state index contributed by atoms with van der Waals surface area (Å²) in [5, 5.41) is 8.69. The number of hydrogen-bond donors (Lipinski definition) is 0. The van der Waals surface area contributed by atoms with Crippen LogP contribution in [-0.2, 0) is 0 Å². The molecular weight excluding hydrogens is 481 g/mol. The zero-order valence-electron chi connectivity index (χ0n) is 20.5. The lowest BCUT2D eigenvalue weighted by atomic mass is 10.1. The highest BCUT2D eigenvalue weighted by Crippen LogP contribution is 2.37. The van der Waals surface area contributed by atoms with E-state index < -0.39 is 7.92 Å². The fraction of sp³-hybridized carbons (Fsp3) is 0. The molecule has 0 N–H and O–H groups in total. The summed E-state index contributed by atoms with van der Waals surface area (Å²) in [4.78, 5) is 9.91. The van der Waals surface area contributed by atoms with Crippen LogP contribution in [0.2, 0.25) is 0 Å². The molecule has 3 nitrogen and oxygen atoms in total. The Hall–Kier alpha value is -4.59. The molecule has 1 unspecified atom stereocenters. The minimum absolute atomic E-state index is 0.800. The van der Waals surface area contributed by atoms with Gasteiger partial charge in [-0.3, -0.25) is 9.38 Å². The number of aromatic nitrogens is 3. The second-order valence-electron chi connectivity index (χ2n) is 9.56. The fourth-order valence-corrected chi connectivity index (χ4v) is 7.93. The van der Waals surface area contributed by atoms with Gasteiger partial charge in [0.15, 0.2) is 0 Å². The first-order valence-corrected chi connectivity index (χ1v) is 14.1. The van der Waals surface area contributed by atoms with Crippen molar-refractivity contribution in [1.82, 2.24) is 14.4 Å². The van der Waals surface area contributed by atoms with E-state index in [1.165, 1.54) is 43.0 Å². The molecule has 0 aliphatic rings. The van der Waals surface area contributed by atoms with Crippen molar-refractivity contribution in [3.05, 3.63) is 134 Å². The normalized spacial score (nSPS) is 12.6. The summed E-state index contributed by atoms with van der Waals surface area (Å²) in [5.41, 5.74) is 5.36. The molecule has 0 radical (unpaired) electrons. The van der Waals surface area contributed by atoms with Gasteiger partial charge in [-0.25, -0.2) is 4.98 Å². The van der Waals surface area contributed by atoms with Gasteiger partial charge in [-0.05, 0) is 66.4 Å². The first-order valence-electron chi connectivity index (χ1n) is 12.8. The second-order valence-corrected chi connectivity index (χ2v) is 11.8. The van der Waals surface area contributed by atoms with E-state index in [4.69, 9.17) is 9.97 Å². The maximum atomic E-state index is 5.08. The van der Waals surface area contributed by atoms with Gasteiger partial charge in [-0.2, -0.15) is 0 Å². The number of hydrogen-bond acceptors (Lipinski definition) is 2. The molecule has 8 rings (SSSR count). The molecule has 38 heavy (non-hydrogen) atoms. The van der Waals surface area contributed by atoms with E-state index in [1.54, 1.807) is 0 Å². The Bertz CT molecular complexity index is 2150. The molecule has 5 aromatic carbocycles. The van der Waals surface area contributed by atoms with Crippen molar-refractivity contribution in [3.63, 3.8) is 0 Å². The van der Waals surface area contributed by atoms with Crippen molar-refractivity contribution in [2.75, 3.05) is 0 Å². The molecular formula is C34H22N3P. The van der Waals surface area contributed by atoms with Gasteiger partial charge >= 0.3 is 0 Å². The SMILES string of the molecule is c1ccc(P(c2cnc3ccccc3c2)c2ccc3c(c2)c2ccccc2n2c4ccccc4nc32)cc1. The van der Waals surface area contributed by atoms with Gasteiger partial charge in [0.2, 0.25) is 0 Å². The van der Waals surface area contributed by atoms with Crippen molar-refractivity contribution in [3.8, 4) is 0 Å². The minimum Gasteiger partial charge on any atom is -0.292 e. The van der Waals surface area contributed by atoms with Crippen LogP contribution >= 0.6 is 7.92 Å². The summed E-state index contributed by atoms with van der Waals surface area (Å²) < 4.78 is 2.31. The highest BCUT2D eigenvalue weighted by Gasteiger charge is 2.20. The number of rotatable bonds is 3. The van der Waals surface area contributed by atoms with Crippen LogP contribution in [0.25, 0.3) is 49.3 Å². The third-order valence-corrected chi connectivity index (χ3v) is 9.72. The first kappa shape index (κ1) is 21.5. The van der Waals surface area contributed by atoms with Crippen molar-refractivity contribution in [2.45, 2.75) is 0 Å². The first-order chi connectivity index (χ1) is 18.8. The van der Waals surface area contributed by atoms with E-state index in [0.717, 1.165) is 22.2 Å². The monoisotopic (exact) mass is 503 g/mol. The smallest absolute Gasteiger partial charge is 0.146 e. The van der Waals surface area contributed by atoms with Crippen molar-refractivity contribution >= 4 is 73.1 Å². The lowest BCUT2D eigenvalue weighted by Gasteiger charge is -2.20. The van der Waals surface area contributed by atoms with Gasteiger partial charge in [-0.15, -0.1) is 0 Å². The van der Waals surface area contributed by atoms with E-state index in [9.17, 15) is 0 Å². The van der Waals surface area contributed by atoms with Crippen LogP contribution in [0.4, 0.5) is 0 Å². The van der Waals surface area contributed by atoms with Crippen LogP contribution in [0.3, 0.4) is 0 Å². The third-order valence-electron chi connectivity index (χ3n) is 7.35. The zero-order valence-corrected chi connectivity index (χ0v) is 21.4. The summed E-state index contributed by atoms with van der Waals surface area (Å²) in [7, 11) is -0.800. The van der Waals surface area contributed by atoms with E-state index in [1.807, 2.05) is 6.07 Å². The molecule has 0 aliphatic carbocycles. The highest BCUT2D eigenvalue weighted by molar-refractivity contribution is 7.79. The third kappa shape index (κ3) is 3.26. The minimum atomic E-state index is -0.800. The molecule has 0 saturated heterocycles. The quantitative estimate of drug-likeness (QED) is 0.190. The lowest BCUT2D eigenvalue weighted by molar-refractivity contribution is 1.32. The van der Waals surface area contributed by atoms with Gasteiger partial charge < -0.3 is 0 Å². The topological polar surface area (TPSA) is 30.2 Å². The van der Waals surface area contributed by atoms with E-state index >= 15 is 0 Å². The fourth-order valence-electron chi connectivity index (χ4n) is 5.64. The van der Waals surface area contributed by atoms with Gasteiger partial charge in [0.25, 0.3) is 0 Å². The maximum Gasteiger partial charge on any atom is 0.146 e. The Balaban J connectivity index is 1.44. The van der Waals surface area contributed by atoms with Crippen LogP contribution in [0.5, 0.6) is 0 Å². The molecule has 0 bridgehead atoms. The number of para-hydroxylation sites is 4. The summed E-state index contributed by atoms with van der Waals surface area (Å²) in [6.07, 6.45) is 2.06. The largest absolute Gasteiger partial charge is 0.292 e. The molecule has 8 aromatic rings. The lowest BCUT2D eigenvalue weighted by Crippen LogP contribution is -2.21. The van der Waals surface area contributed by atoms with Crippen LogP contribution < -0.4 is 15.9 Å². The Morgan fingerprint density at radius 1 is 0.500 bits per heavy atom. The molecule has 0 saturated carbocycles. The van der Waals surface area contributed by atoms with Crippen molar-refractivity contribution < 1.29 is 0 Å². The van der Waals surface area contributed by atoms with Gasteiger partial charge in [0.05, 0.1) is 22.1 Å². The summed E-state index contributed by atoms with van der Waals surface area (Å²) >= 11 is 0. The van der Waals surface area contributed by atoms with Crippen LogP contribution in [0, 0.1) is 0 Å². The zero-order chi connectivity index (χ0) is 25.1. The van der Waals surface area contributed by atoms with Crippen LogP contribution in [0.15, 0.2) is 134 Å². The number of benzene rings is 5. The Morgan fingerprint density at radius 3 is 2.13 bits per heavy atom. The Kier molecular flexibility index (Phi) is 4.80. The highest BCUT2D eigenvalue weighted by atomic mass is 31.1. The molecule has 0 spiro atoms. The Morgan fingerprint density at radius 2 is 1.24 bits per heavy atom. The number of nitrogens with zero attached hydrogens (tertiary/aromatic N) is 3. The van der Waals surface area contributed by atoms with Gasteiger partial charge in [0.1, 0.15) is 5.65 Å². The summed E-state index contributed by atoms with van der Waals surface area (Å²) in [6, 6.07) is 45.5. The predicted octanol–water partition coefficient (Wildman–Crippen LogP) is 7.10. The van der Waals surface area contributed by atoms with Crippen LogP contribution in [-0.4, -0.2) is 14.4 Å². The molecule has 178 valence electrons. The predicted molar refractivity (Wildman–Crippen MR) is 162 cm³/mol. The van der Waals surface area contributed by atoms with Gasteiger partial charge in [-0.1, -0.05) is 84.9 Å². The average Bonchev–Trinajstić information content (AvgIpc) is 3.38. The number of pyridine rings is 2. The van der Waals surface area contributed by atoms with E-state index in [2.05, 4.69) is 132 Å². The molecule has 4 heteroatoms. The van der Waals surface area contributed by atoms with E-state index in [-0.39, 0.29) is 0 Å². The second kappa shape index (κ2) is 8.48. The number of imidazole rings is 1. The average molecular weight is 504 g/mol. The molecule has 0 fully saturated rings. The molecule has 0 aliphatic heterocycles. The maximum absolute atomic E-state index is 5.08. The van der Waals surface area contributed by atoms with Gasteiger partial charge in [0, 0.05) is 27.7 Å². The summed E-state index contributed by atoms with van der Waals surface area (Å²) in [6.45, 7) is 0. The van der Waals surface area contributed by atoms with Crippen molar-refractivity contribution in [2.24, 2.45) is 0 Å². The molecule has 3 aromatic heterocycles. The standard InChI is InChI=1S/C34H22N3P/c1-2-11-24(12-3-1)38(26-20-23-10-4-6-14-30(23)35-22-26)25-18-19-28-29(21-25)27-13-5-8-16-32(27)37-33-17-9-7-15-31(33)36-34(28)37/h1-22H.